The molecule has 1 aliphatic carbocycles. The topological polar surface area (TPSA) is 37.3 Å². The van der Waals surface area contributed by atoms with E-state index >= 15 is 0 Å². The lowest BCUT2D eigenvalue weighted by molar-refractivity contribution is -0.139. The fourth-order valence-corrected chi connectivity index (χ4v) is 2.62. The Kier molecular flexibility index (Phi) is 2.75. The molecule has 2 unspecified atom stereocenters. The largest absolute Gasteiger partial charge is 0.481 e. The van der Waals surface area contributed by atoms with Gasteiger partial charge in [0.1, 0.15) is 0 Å². The maximum atomic E-state index is 11.0. The minimum absolute atomic E-state index is 0.0852. The van der Waals surface area contributed by atoms with Crippen molar-refractivity contribution in [3.8, 4) is 0 Å². The van der Waals surface area contributed by atoms with Crippen LogP contribution in [0.1, 0.15) is 37.8 Å². The van der Waals surface area contributed by atoms with Gasteiger partial charge in [-0.25, -0.2) is 0 Å². The molecular weight excluding hydrogens is 200 g/mol. The summed E-state index contributed by atoms with van der Waals surface area (Å²) in [5.74, 6) is -0.827. The molecule has 0 heterocycles. The van der Waals surface area contributed by atoms with Gasteiger partial charge >= 0.3 is 5.97 Å². The van der Waals surface area contributed by atoms with Crippen molar-refractivity contribution < 1.29 is 9.90 Å². The Morgan fingerprint density at radius 3 is 2.38 bits per heavy atom. The van der Waals surface area contributed by atoms with Crippen molar-refractivity contribution in [2.24, 2.45) is 5.92 Å². The quantitative estimate of drug-likeness (QED) is 0.843. The minimum Gasteiger partial charge on any atom is -0.481 e. The first-order valence-corrected chi connectivity index (χ1v) is 5.96. The van der Waals surface area contributed by atoms with E-state index in [1.807, 2.05) is 0 Å². The molecule has 1 fully saturated rings. The van der Waals surface area contributed by atoms with Gasteiger partial charge in [-0.2, -0.15) is 0 Å². The van der Waals surface area contributed by atoms with Gasteiger partial charge < -0.3 is 5.11 Å². The zero-order chi connectivity index (χ0) is 11.8. The Balaban J connectivity index is 2.26. The number of rotatable bonds is 4. The first-order chi connectivity index (χ1) is 7.64. The van der Waals surface area contributed by atoms with Crippen molar-refractivity contribution in [2.45, 2.75) is 38.5 Å². The summed E-state index contributed by atoms with van der Waals surface area (Å²) in [5, 5.41) is 9.08. The maximum absolute atomic E-state index is 11.0. The van der Waals surface area contributed by atoms with Gasteiger partial charge in [-0.05, 0) is 30.4 Å². The number of carboxylic acid groups (broad SMARTS) is 1. The van der Waals surface area contributed by atoms with Gasteiger partial charge in [0.05, 0.1) is 5.92 Å². The molecule has 1 aromatic rings. The van der Waals surface area contributed by atoms with Crippen molar-refractivity contribution >= 4 is 5.97 Å². The standard InChI is InChI=1S/C14H18O2/c1-3-10-5-7-11(8-6-10)14(4-2)9-12(14)13(15)16/h5-8,12H,3-4,9H2,1-2H3,(H,15,16). The number of hydrogen-bond donors (Lipinski definition) is 1. The molecule has 0 amide bonds. The molecule has 1 aromatic carbocycles. The van der Waals surface area contributed by atoms with E-state index in [0.717, 1.165) is 19.3 Å². The van der Waals surface area contributed by atoms with E-state index in [1.54, 1.807) is 0 Å². The molecule has 2 heteroatoms. The summed E-state index contributed by atoms with van der Waals surface area (Å²) in [4.78, 5) is 11.0. The molecule has 1 saturated carbocycles. The highest BCUT2D eigenvalue weighted by molar-refractivity contribution is 5.77. The number of carbonyl (C=O) groups is 1. The SMILES string of the molecule is CCc1ccc(C2(CC)CC2C(=O)O)cc1. The Labute approximate surface area is 96.3 Å². The van der Waals surface area contributed by atoms with Crippen LogP contribution >= 0.6 is 0 Å². The smallest absolute Gasteiger partial charge is 0.307 e. The number of carboxylic acids is 1. The molecule has 0 aromatic heterocycles. The molecule has 2 rings (SSSR count). The molecule has 1 N–H and O–H groups in total. The fourth-order valence-electron chi connectivity index (χ4n) is 2.62. The Morgan fingerprint density at radius 2 is 2.00 bits per heavy atom. The van der Waals surface area contributed by atoms with E-state index in [-0.39, 0.29) is 11.3 Å². The second-order valence-electron chi connectivity index (χ2n) is 4.66. The summed E-state index contributed by atoms with van der Waals surface area (Å²) < 4.78 is 0. The highest BCUT2D eigenvalue weighted by Crippen LogP contribution is 2.56. The van der Waals surface area contributed by atoms with E-state index in [0.29, 0.717) is 0 Å². The molecule has 0 aliphatic heterocycles. The van der Waals surface area contributed by atoms with Gasteiger partial charge in [0.25, 0.3) is 0 Å². The lowest BCUT2D eigenvalue weighted by atomic mass is 9.89. The third-order valence-electron chi connectivity index (χ3n) is 3.94. The molecule has 0 saturated heterocycles. The van der Waals surface area contributed by atoms with Crippen molar-refractivity contribution in [1.82, 2.24) is 0 Å². The lowest BCUT2D eigenvalue weighted by Crippen LogP contribution is -2.14. The molecule has 0 radical (unpaired) electrons. The molecule has 0 spiro atoms. The van der Waals surface area contributed by atoms with Crippen LogP contribution in [0.5, 0.6) is 0 Å². The maximum Gasteiger partial charge on any atom is 0.307 e. The van der Waals surface area contributed by atoms with E-state index in [1.165, 1.54) is 11.1 Å². The van der Waals surface area contributed by atoms with Crippen LogP contribution in [0.2, 0.25) is 0 Å². The van der Waals surface area contributed by atoms with Gasteiger partial charge in [-0.3, -0.25) is 4.79 Å². The monoisotopic (exact) mass is 218 g/mol. The predicted molar refractivity (Wildman–Crippen MR) is 63.5 cm³/mol. The van der Waals surface area contributed by atoms with Gasteiger partial charge in [0.2, 0.25) is 0 Å². The summed E-state index contributed by atoms with van der Waals surface area (Å²) in [5.41, 5.74) is 2.42. The van der Waals surface area contributed by atoms with Gasteiger partial charge in [-0.1, -0.05) is 38.1 Å². The fraction of sp³-hybridized carbons (Fsp3) is 0.500. The Morgan fingerprint density at radius 1 is 1.38 bits per heavy atom. The molecule has 1 aliphatic rings. The van der Waals surface area contributed by atoms with Crippen LogP contribution in [0.3, 0.4) is 0 Å². The highest BCUT2D eigenvalue weighted by atomic mass is 16.4. The Bertz CT molecular complexity index is 394. The minimum atomic E-state index is -0.651. The van der Waals surface area contributed by atoms with Crippen LogP contribution in [-0.2, 0) is 16.6 Å². The Hall–Kier alpha value is -1.31. The number of aliphatic carboxylic acids is 1. The average Bonchev–Trinajstić information content (AvgIpc) is 3.05. The third-order valence-corrected chi connectivity index (χ3v) is 3.94. The zero-order valence-corrected chi connectivity index (χ0v) is 9.86. The zero-order valence-electron chi connectivity index (χ0n) is 9.86. The number of hydrogen-bond acceptors (Lipinski definition) is 1. The van der Waals surface area contributed by atoms with Crippen LogP contribution in [0.4, 0.5) is 0 Å². The predicted octanol–water partition coefficient (Wildman–Crippen LogP) is 3.00. The van der Waals surface area contributed by atoms with Crippen molar-refractivity contribution in [3.05, 3.63) is 35.4 Å². The second kappa shape index (κ2) is 3.93. The molecule has 2 nitrogen and oxygen atoms in total. The van der Waals surface area contributed by atoms with Crippen molar-refractivity contribution in [3.63, 3.8) is 0 Å². The van der Waals surface area contributed by atoms with Crippen LogP contribution < -0.4 is 0 Å². The summed E-state index contributed by atoms with van der Waals surface area (Å²) in [6.45, 7) is 4.21. The molecular formula is C14H18O2. The number of benzene rings is 1. The van der Waals surface area contributed by atoms with Crippen molar-refractivity contribution in [1.29, 1.82) is 0 Å². The average molecular weight is 218 g/mol. The first kappa shape index (κ1) is 11.2. The van der Waals surface area contributed by atoms with Crippen LogP contribution in [0.25, 0.3) is 0 Å². The van der Waals surface area contributed by atoms with Gasteiger partial charge in [0, 0.05) is 5.41 Å². The van der Waals surface area contributed by atoms with Crippen LogP contribution in [0, 0.1) is 5.92 Å². The molecule has 16 heavy (non-hydrogen) atoms. The van der Waals surface area contributed by atoms with Gasteiger partial charge in [0.15, 0.2) is 0 Å². The van der Waals surface area contributed by atoms with E-state index in [2.05, 4.69) is 38.1 Å². The summed E-state index contributed by atoms with van der Waals surface area (Å²) >= 11 is 0. The molecule has 86 valence electrons. The van der Waals surface area contributed by atoms with Crippen molar-refractivity contribution in [2.75, 3.05) is 0 Å². The summed E-state index contributed by atoms with van der Waals surface area (Å²) in [7, 11) is 0. The number of aryl methyl sites for hydroxylation is 1. The lowest BCUT2D eigenvalue weighted by Gasteiger charge is -2.14. The van der Waals surface area contributed by atoms with Gasteiger partial charge in [-0.15, -0.1) is 0 Å². The second-order valence-corrected chi connectivity index (χ2v) is 4.66. The molecule has 2 atom stereocenters. The summed E-state index contributed by atoms with van der Waals surface area (Å²) in [6.07, 6.45) is 2.74. The molecule has 0 bridgehead atoms. The normalized spacial score (nSPS) is 27.8. The first-order valence-electron chi connectivity index (χ1n) is 5.96. The summed E-state index contributed by atoms with van der Waals surface area (Å²) in [6, 6.07) is 8.44. The van der Waals surface area contributed by atoms with E-state index in [9.17, 15) is 4.79 Å². The van der Waals surface area contributed by atoms with E-state index < -0.39 is 5.97 Å². The van der Waals surface area contributed by atoms with E-state index in [4.69, 9.17) is 5.11 Å². The van der Waals surface area contributed by atoms with Crippen LogP contribution in [-0.4, -0.2) is 11.1 Å². The highest BCUT2D eigenvalue weighted by Gasteiger charge is 2.58. The third kappa shape index (κ3) is 1.62. The van der Waals surface area contributed by atoms with Crippen LogP contribution in [0.15, 0.2) is 24.3 Å².